The molecule has 1 fully saturated rings. The number of hydrogen-bond donors (Lipinski definition) is 1. The Morgan fingerprint density at radius 1 is 1.13 bits per heavy atom. The Labute approximate surface area is 144 Å². The van der Waals surface area contributed by atoms with Crippen molar-refractivity contribution in [3.8, 4) is 0 Å². The van der Waals surface area contributed by atoms with E-state index in [0.717, 1.165) is 26.1 Å². The van der Waals surface area contributed by atoms with Gasteiger partial charge in [-0.2, -0.15) is 0 Å². The van der Waals surface area contributed by atoms with Crippen molar-refractivity contribution in [3.05, 3.63) is 58.5 Å². The Kier molecular flexibility index (Phi) is 5.18. The average Bonchev–Trinajstić information content (AvgIpc) is 2.99. The molecule has 2 heterocycles. The molecule has 23 heavy (non-hydrogen) atoms. The van der Waals surface area contributed by atoms with Crippen molar-refractivity contribution in [3.63, 3.8) is 0 Å². The largest absolute Gasteiger partial charge is 0.454 e. The average molecular weight is 378 g/mol. The number of ether oxygens (including phenoxy) is 1. The van der Waals surface area contributed by atoms with Crippen LogP contribution in [0.4, 0.5) is 0 Å². The molecule has 5 heteroatoms. The first kappa shape index (κ1) is 16.3. The summed E-state index contributed by atoms with van der Waals surface area (Å²) < 4.78 is 11.6. The van der Waals surface area contributed by atoms with Gasteiger partial charge in [-0.05, 0) is 46.5 Å². The van der Waals surface area contributed by atoms with Crippen LogP contribution in [0.25, 0.3) is 0 Å². The van der Waals surface area contributed by atoms with Crippen LogP contribution in [0.3, 0.4) is 0 Å². The number of furan rings is 1. The first-order valence-corrected chi connectivity index (χ1v) is 8.61. The Hall–Kier alpha value is -1.59. The fourth-order valence-corrected chi connectivity index (χ4v) is 3.40. The molecule has 1 N–H and O–H groups in total. The summed E-state index contributed by atoms with van der Waals surface area (Å²) in [5.74, 6) is 0.642. The maximum atomic E-state index is 12.2. The quantitative estimate of drug-likeness (QED) is 0.867. The van der Waals surface area contributed by atoms with Crippen LogP contribution in [0, 0.1) is 0 Å². The highest BCUT2D eigenvalue weighted by atomic mass is 79.9. The molecule has 0 spiro atoms. The van der Waals surface area contributed by atoms with E-state index in [1.165, 1.54) is 5.56 Å². The van der Waals surface area contributed by atoms with E-state index < -0.39 is 0 Å². The van der Waals surface area contributed by atoms with Gasteiger partial charge in [0.1, 0.15) is 5.76 Å². The zero-order valence-corrected chi connectivity index (χ0v) is 14.5. The smallest absolute Gasteiger partial charge is 0.227 e. The van der Waals surface area contributed by atoms with Gasteiger partial charge in [-0.3, -0.25) is 4.79 Å². The molecular weight excluding hydrogens is 358 g/mol. The molecule has 0 unspecified atom stereocenters. The van der Waals surface area contributed by atoms with Crippen LogP contribution in [0.5, 0.6) is 0 Å². The summed E-state index contributed by atoms with van der Waals surface area (Å²) in [6, 6.07) is 14.0. The van der Waals surface area contributed by atoms with E-state index in [2.05, 4.69) is 45.5 Å². The van der Waals surface area contributed by atoms with Crippen LogP contribution in [-0.2, 0) is 21.4 Å². The molecule has 1 amide bonds. The molecule has 1 aliphatic rings. The third-order valence-corrected chi connectivity index (χ3v) is 4.85. The van der Waals surface area contributed by atoms with E-state index in [-0.39, 0.29) is 17.7 Å². The van der Waals surface area contributed by atoms with Crippen LogP contribution in [0.1, 0.15) is 24.2 Å². The van der Waals surface area contributed by atoms with Gasteiger partial charge >= 0.3 is 0 Å². The summed E-state index contributed by atoms with van der Waals surface area (Å²) in [7, 11) is 0. The Morgan fingerprint density at radius 3 is 2.52 bits per heavy atom. The Balaban J connectivity index is 1.66. The summed E-state index contributed by atoms with van der Waals surface area (Å²) in [6.07, 6.45) is 2.10. The molecule has 1 aliphatic heterocycles. The number of halogens is 1. The fraction of sp³-hybridized carbons (Fsp3) is 0.389. The van der Waals surface area contributed by atoms with Gasteiger partial charge in [0.15, 0.2) is 4.67 Å². The maximum Gasteiger partial charge on any atom is 0.227 e. The lowest BCUT2D eigenvalue weighted by Gasteiger charge is -2.38. The first-order valence-electron chi connectivity index (χ1n) is 7.82. The third kappa shape index (κ3) is 4.03. The number of carbonyl (C=O) groups is 1. The van der Waals surface area contributed by atoms with Gasteiger partial charge < -0.3 is 14.5 Å². The van der Waals surface area contributed by atoms with Gasteiger partial charge in [-0.25, -0.2) is 0 Å². The molecule has 122 valence electrons. The minimum absolute atomic E-state index is 0.0198. The lowest BCUT2D eigenvalue weighted by molar-refractivity contribution is -0.121. The Morgan fingerprint density at radius 2 is 1.87 bits per heavy atom. The van der Waals surface area contributed by atoms with Crippen molar-refractivity contribution in [2.24, 2.45) is 0 Å². The van der Waals surface area contributed by atoms with Gasteiger partial charge in [-0.15, -0.1) is 0 Å². The first-order chi connectivity index (χ1) is 11.2. The number of rotatable bonds is 5. The van der Waals surface area contributed by atoms with Crippen LogP contribution in [0.2, 0.25) is 0 Å². The minimum Gasteiger partial charge on any atom is -0.454 e. The third-order valence-electron chi connectivity index (χ3n) is 4.42. The predicted molar refractivity (Wildman–Crippen MR) is 91.3 cm³/mol. The molecule has 2 aromatic rings. The van der Waals surface area contributed by atoms with E-state index in [1.807, 2.05) is 12.1 Å². The minimum atomic E-state index is -0.0427. The number of hydrogen-bond acceptors (Lipinski definition) is 3. The maximum absolute atomic E-state index is 12.2. The molecule has 4 nitrogen and oxygen atoms in total. The van der Waals surface area contributed by atoms with E-state index in [1.54, 1.807) is 6.07 Å². The van der Waals surface area contributed by atoms with Crippen molar-refractivity contribution in [2.45, 2.75) is 24.7 Å². The zero-order chi connectivity index (χ0) is 16.1. The summed E-state index contributed by atoms with van der Waals surface area (Å²) in [4.78, 5) is 12.2. The molecular formula is C18H20BrNO3. The van der Waals surface area contributed by atoms with Crippen molar-refractivity contribution < 1.29 is 13.9 Å². The van der Waals surface area contributed by atoms with E-state index in [0.29, 0.717) is 17.0 Å². The highest BCUT2D eigenvalue weighted by molar-refractivity contribution is 9.10. The van der Waals surface area contributed by atoms with Gasteiger partial charge in [0.05, 0.1) is 6.42 Å². The van der Waals surface area contributed by atoms with E-state index in [4.69, 9.17) is 9.15 Å². The lowest BCUT2D eigenvalue weighted by Crippen LogP contribution is -2.44. The molecule has 0 saturated carbocycles. The predicted octanol–water partition coefficient (Wildman–Crippen LogP) is 3.45. The van der Waals surface area contributed by atoms with Gasteiger partial charge in [0, 0.05) is 25.2 Å². The van der Waals surface area contributed by atoms with Crippen molar-refractivity contribution in [1.29, 1.82) is 0 Å². The molecule has 1 aromatic carbocycles. The second kappa shape index (κ2) is 7.32. The molecule has 1 aromatic heterocycles. The molecule has 0 bridgehead atoms. The molecule has 0 aliphatic carbocycles. The monoisotopic (exact) mass is 377 g/mol. The van der Waals surface area contributed by atoms with Gasteiger partial charge in [0.2, 0.25) is 5.91 Å². The fourth-order valence-electron chi connectivity index (χ4n) is 3.06. The summed E-state index contributed by atoms with van der Waals surface area (Å²) >= 11 is 3.25. The number of nitrogens with one attached hydrogen (secondary N) is 1. The summed E-state index contributed by atoms with van der Waals surface area (Å²) in [5.41, 5.74) is 1.23. The van der Waals surface area contributed by atoms with Gasteiger partial charge in [0.25, 0.3) is 0 Å². The standard InChI is InChI=1S/C18H20BrNO3/c19-16-7-6-15(23-16)12-17(21)20-13-18(8-10-22-11-9-18)14-4-2-1-3-5-14/h1-7H,8-13H2,(H,20,21). The Bertz CT molecular complexity index is 647. The molecule has 0 radical (unpaired) electrons. The van der Waals surface area contributed by atoms with E-state index in [9.17, 15) is 4.79 Å². The SMILES string of the molecule is O=C(Cc1ccc(Br)o1)NCC1(c2ccccc2)CCOCC1. The molecule has 0 atom stereocenters. The normalized spacial score (nSPS) is 16.9. The number of benzene rings is 1. The lowest BCUT2D eigenvalue weighted by atomic mass is 9.74. The summed E-state index contributed by atoms with van der Waals surface area (Å²) in [5, 5.41) is 3.08. The topological polar surface area (TPSA) is 51.5 Å². The second-order valence-electron chi connectivity index (χ2n) is 5.92. The van der Waals surface area contributed by atoms with Crippen LogP contribution in [0.15, 0.2) is 51.6 Å². The van der Waals surface area contributed by atoms with Crippen LogP contribution < -0.4 is 5.32 Å². The second-order valence-corrected chi connectivity index (χ2v) is 6.70. The van der Waals surface area contributed by atoms with Crippen molar-refractivity contribution in [2.75, 3.05) is 19.8 Å². The van der Waals surface area contributed by atoms with Crippen molar-refractivity contribution in [1.82, 2.24) is 5.32 Å². The van der Waals surface area contributed by atoms with Crippen LogP contribution >= 0.6 is 15.9 Å². The highest BCUT2D eigenvalue weighted by Gasteiger charge is 2.34. The summed E-state index contributed by atoms with van der Waals surface area (Å²) in [6.45, 7) is 2.09. The number of carbonyl (C=O) groups excluding carboxylic acids is 1. The van der Waals surface area contributed by atoms with Crippen molar-refractivity contribution >= 4 is 21.8 Å². The number of amides is 1. The van der Waals surface area contributed by atoms with Gasteiger partial charge in [-0.1, -0.05) is 30.3 Å². The zero-order valence-electron chi connectivity index (χ0n) is 12.9. The molecule has 1 saturated heterocycles. The van der Waals surface area contributed by atoms with Crippen LogP contribution in [-0.4, -0.2) is 25.7 Å². The molecule has 3 rings (SSSR count). The van der Waals surface area contributed by atoms with E-state index >= 15 is 0 Å². The highest BCUT2D eigenvalue weighted by Crippen LogP contribution is 2.34.